The third-order valence-electron chi connectivity index (χ3n) is 3.13. The third kappa shape index (κ3) is 3.12. The van der Waals surface area contributed by atoms with E-state index in [1.165, 1.54) is 0 Å². The smallest absolute Gasteiger partial charge is 0.168 e. The fraction of sp³-hybridized carbons (Fsp3) is 0.250. The van der Waals surface area contributed by atoms with Crippen molar-refractivity contribution in [1.82, 2.24) is 0 Å². The quantitative estimate of drug-likeness (QED) is 0.886. The van der Waals surface area contributed by atoms with Crippen LogP contribution in [0, 0.1) is 12.7 Å². The van der Waals surface area contributed by atoms with Gasteiger partial charge in [-0.15, -0.1) is 0 Å². The minimum Gasteiger partial charge on any atom is -0.454 e. The van der Waals surface area contributed by atoms with Crippen molar-refractivity contribution in [2.75, 3.05) is 0 Å². The van der Waals surface area contributed by atoms with Gasteiger partial charge in [0.1, 0.15) is 5.75 Å². The van der Waals surface area contributed by atoms with Gasteiger partial charge in [-0.05, 0) is 42.7 Å². The molecule has 0 fully saturated rings. The lowest BCUT2D eigenvalue weighted by Crippen LogP contribution is -2.08. The monoisotopic (exact) mass is 259 g/mol. The molecule has 2 aromatic carbocycles. The molecule has 0 aromatic heterocycles. The van der Waals surface area contributed by atoms with Gasteiger partial charge < -0.3 is 10.5 Å². The molecule has 0 aliphatic rings. The molecule has 3 heteroatoms. The maximum Gasteiger partial charge on any atom is 0.168 e. The summed E-state index contributed by atoms with van der Waals surface area (Å²) in [5, 5.41) is 0. The highest BCUT2D eigenvalue weighted by atomic mass is 19.1. The van der Waals surface area contributed by atoms with Crippen molar-refractivity contribution < 1.29 is 9.13 Å². The summed E-state index contributed by atoms with van der Waals surface area (Å²) < 4.78 is 19.3. The number of benzene rings is 2. The van der Waals surface area contributed by atoms with Crippen LogP contribution in [-0.2, 0) is 0 Å². The lowest BCUT2D eigenvalue weighted by atomic mass is 10.1. The van der Waals surface area contributed by atoms with E-state index in [4.69, 9.17) is 10.5 Å². The molecule has 0 unspecified atom stereocenters. The van der Waals surface area contributed by atoms with E-state index in [2.05, 4.69) is 0 Å². The lowest BCUT2D eigenvalue weighted by Gasteiger charge is -2.11. The highest BCUT2D eigenvalue weighted by Gasteiger charge is 2.08. The van der Waals surface area contributed by atoms with Gasteiger partial charge in [0.25, 0.3) is 0 Å². The van der Waals surface area contributed by atoms with Crippen LogP contribution in [-0.4, -0.2) is 0 Å². The topological polar surface area (TPSA) is 35.2 Å². The van der Waals surface area contributed by atoms with Crippen molar-refractivity contribution in [2.45, 2.75) is 26.3 Å². The summed E-state index contributed by atoms with van der Waals surface area (Å²) in [7, 11) is 0. The van der Waals surface area contributed by atoms with Crippen LogP contribution < -0.4 is 10.5 Å². The summed E-state index contributed by atoms with van der Waals surface area (Å²) in [6, 6.07) is 12.6. The zero-order chi connectivity index (χ0) is 13.8. The molecule has 0 bridgehead atoms. The zero-order valence-corrected chi connectivity index (χ0v) is 11.2. The fourth-order valence-corrected chi connectivity index (χ4v) is 1.85. The van der Waals surface area contributed by atoms with Gasteiger partial charge in [-0.3, -0.25) is 0 Å². The zero-order valence-electron chi connectivity index (χ0n) is 11.2. The summed E-state index contributed by atoms with van der Waals surface area (Å²) in [5.74, 6) is 0.529. The number of rotatable bonds is 4. The molecule has 2 N–H and O–H groups in total. The maximum atomic E-state index is 13.8. The van der Waals surface area contributed by atoms with Crippen molar-refractivity contribution in [2.24, 2.45) is 5.73 Å². The first-order valence-corrected chi connectivity index (χ1v) is 6.40. The first kappa shape index (κ1) is 13.6. The highest BCUT2D eigenvalue weighted by Crippen LogP contribution is 2.27. The second-order valence-electron chi connectivity index (χ2n) is 4.57. The number of hydrogen-bond acceptors (Lipinski definition) is 2. The summed E-state index contributed by atoms with van der Waals surface area (Å²) in [5.41, 5.74) is 7.57. The molecule has 0 saturated carbocycles. The second kappa shape index (κ2) is 5.85. The Balaban J connectivity index is 2.18. The molecular formula is C16H18FNO. The van der Waals surface area contributed by atoms with E-state index in [1.807, 2.05) is 31.2 Å². The van der Waals surface area contributed by atoms with Gasteiger partial charge in [-0.1, -0.05) is 31.2 Å². The van der Waals surface area contributed by atoms with Crippen LogP contribution in [0.3, 0.4) is 0 Å². The molecule has 2 aromatic rings. The largest absolute Gasteiger partial charge is 0.454 e. The van der Waals surface area contributed by atoms with Crippen LogP contribution in [0.15, 0.2) is 42.5 Å². The number of nitrogens with two attached hydrogens (primary N) is 1. The van der Waals surface area contributed by atoms with Gasteiger partial charge in [0, 0.05) is 6.04 Å². The van der Waals surface area contributed by atoms with E-state index in [9.17, 15) is 4.39 Å². The van der Waals surface area contributed by atoms with Crippen LogP contribution in [0.1, 0.15) is 30.5 Å². The average Bonchev–Trinajstić information content (AvgIpc) is 2.44. The molecule has 0 aliphatic carbocycles. The number of aryl methyl sites for hydroxylation is 1. The van der Waals surface area contributed by atoms with Gasteiger partial charge in [0.05, 0.1) is 0 Å². The summed E-state index contributed by atoms with van der Waals surface area (Å²) in [4.78, 5) is 0. The molecule has 2 nitrogen and oxygen atoms in total. The predicted octanol–water partition coefficient (Wildman–Crippen LogP) is 4.34. The van der Waals surface area contributed by atoms with Gasteiger partial charge in [-0.25, -0.2) is 4.39 Å². The van der Waals surface area contributed by atoms with Gasteiger partial charge in [0.15, 0.2) is 11.6 Å². The second-order valence-corrected chi connectivity index (χ2v) is 4.57. The van der Waals surface area contributed by atoms with Crippen molar-refractivity contribution in [3.05, 3.63) is 59.4 Å². The molecule has 0 amide bonds. The predicted molar refractivity (Wildman–Crippen MR) is 74.9 cm³/mol. The molecule has 100 valence electrons. The Bertz CT molecular complexity index is 551. The van der Waals surface area contributed by atoms with E-state index >= 15 is 0 Å². The molecule has 0 radical (unpaired) electrons. The van der Waals surface area contributed by atoms with Crippen LogP contribution in [0.25, 0.3) is 0 Å². The van der Waals surface area contributed by atoms with Crippen LogP contribution in [0.2, 0.25) is 0 Å². The SMILES string of the molecule is CC[C@@H](N)c1ccc(Oc2cccc(C)c2F)cc1. The van der Waals surface area contributed by atoms with Gasteiger partial charge >= 0.3 is 0 Å². The van der Waals surface area contributed by atoms with Crippen molar-refractivity contribution in [3.8, 4) is 11.5 Å². The first-order valence-electron chi connectivity index (χ1n) is 6.40. The molecule has 0 saturated heterocycles. The Kier molecular flexibility index (Phi) is 4.17. The minimum atomic E-state index is -0.322. The van der Waals surface area contributed by atoms with Crippen LogP contribution >= 0.6 is 0 Å². The highest BCUT2D eigenvalue weighted by molar-refractivity contribution is 5.36. The van der Waals surface area contributed by atoms with Gasteiger partial charge in [0.2, 0.25) is 0 Å². The Morgan fingerprint density at radius 1 is 1.16 bits per heavy atom. The standard InChI is InChI=1S/C16H18FNO/c1-3-14(18)12-7-9-13(10-8-12)19-15-6-4-5-11(2)16(15)17/h4-10,14H,3,18H2,1-2H3/t14-/m1/s1. The maximum absolute atomic E-state index is 13.8. The molecular weight excluding hydrogens is 241 g/mol. The number of ether oxygens (including phenoxy) is 1. The van der Waals surface area contributed by atoms with E-state index < -0.39 is 0 Å². The first-order chi connectivity index (χ1) is 9.11. The summed E-state index contributed by atoms with van der Waals surface area (Å²) in [6.07, 6.45) is 0.882. The molecule has 1 atom stereocenters. The Hall–Kier alpha value is -1.87. The van der Waals surface area contributed by atoms with Crippen LogP contribution in [0.5, 0.6) is 11.5 Å². The Morgan fingerprint density at radius 3 is 2.47 bits per heavy atom. The molecule has 2 rings (SSSR count). The normalized spacial score (nSPS) is 12.2. The molecule has 19 heavy (non-hydrogen) atoms. The summed E-state index contributed by atoms with van der Waals surface area (Å²) >= 11 is 0. The molecule has 0 aliphatic heterocycles. The number of hydrogen-bond donors (Lipinski definition) is 1. The molecule has 0 heterocycles. The van der Waals surface area contributed by atoms with Crippen molar-refractivity contribution in [3.63, 3.8) is 0 Å². The Labute approximate surface area is 113 Å². The molecule has 0 spiro atoms. The van der Waals surface area contributed by atoms with Crippen molar-refractivity contribution in [1.29, 1.82) is 0 Å². The lowest BCUT2D eigenvalue weighted by molar-refractivity contribution is 0.440. The van der Waals surface area contributed by atoms with Crippen molar-refractivity contribution >= 4 is 0 Å². The number of halogens is 1. The van der Waals surface area contributed by atoms with E-state index in [-0.39, 0.29) is 17.6 Å². The fourth-order valence-electron chi connectivity index (χ4n) is 1.85. The van der Waals surface area contributed by atoms with E-state index in [0.717, 1.165) is 12.0 Å². The van der Waals surface area contributed by atoms with E-state index in [0.29, 0.717) is 11.3 Å². The van der Waals surface area contributed by atoms with E-state index in [1.54, 1.807) is 25.1 Å². The third-order valence-corrected chi connectivity index (χ3v) is 3.13. The van der Waals surface area contributed by atoms with Gasteiger partial charge in [-0.2, -0.15) is 0 Å². The van der Waals surface area contributed by atoms with Crippen LogP contribution in [0.4, 0.5) is 4.39 Å². The summed E-state index contributed by atoms with van der Waals surface area (Å²) in [6.45, 7) is 3.75. The average molecular weight is 259 g/mol. The minimum absolute atomic E-state index is 0.0322. The Morgan fingerprint density at radius 2 is 1.84 bits per heavy atom.